The Morgan fingerprint density at radius 3 is 2.26 bits per heavy atom. The second-order valence-corrected chi connectivity index (χ2v) is 7.25. The highest BCUT2D eigenvalue weighted by Crippen LogP contribution is 2.39. The Hall–Kier alpha value is -2.55. The molecule has 0 aromatic heterocycles. The van der Waals surface area contributed by atoms with Gasteiger partial charge < -0.3 is 0 Å². The lowest BCUT2D eigenvalue weighted by Gasteiger charge is -2.25. The van der Waals surface area contributed by atoms with Gasteiger partial charge in [0.2, 0.25) is 0 Å². The van der Waals surface area contributed by atoms with E-state index < -0.39 is 0 Å². The minimum atomic E-state index is 0.0975. The van der Waals surface area contributed by atoms with E-state index in [4.69, 9.17) is 28.3 Å². The Bertz CT molecular complexity index is 982. The zero-order valence-electron chi connectivity index (χ0n) is 14.6. The molecular formula is C23H18Cl2N2. The summed E-state index contributed by atoms with van der Waals surface area (Å²) in [5, 5.41) is 8.07. The predicted octanol–water partition coefficient (Wildman–Crippen LogP) is 7.01. The molecule has 2 nitrogen and oxygen atoms in total. The largest absolute Gasteiger partial charge is 0.256 e. The van der Waals surface area contributed by atoms with E-state index in [9.17, 15) is 0 Å². The van der Waals surface area contributed by atoms with E-state index >= 15 is 0 Å². The van der Waals surface area contributed by atoms with E-state index in [-0.39, 0.29) is 6.04 Å². The molecule has 3 aromatic carbocycles. The van der Waals surface area contributed by atoms with Crippen LogP contribution in [0.15, 0.2) is 90.0 Å². The van der Waals surface area contributed by atoms with Crippen molar-refractivity contribution >= 4 is 40.7 Å². The average molecular weight is 393 g/mol. The van der Waals surface area contributed by atoms with Crippen molar-refractivity contribution in [2.24, 2.45) is 5.10 Å². The third-order valence-electron chi connectivity index (χ3n) is 4.54. The number of hydrogen-bond acceptors (Lipinski definition) is 2. The van der Waals surface area contributed by atoms with Crippen molar-refractivity contribution in [1.29, 1.82) is 0 Å². The van der Waals surface area contributed by atoms with Gasteiger partial charge in [0.05, 0.1) is 22.5 Å². The summed E-state index contributed by atoms with van der Waals surface area (Å²) < 4.78 is 0. The number of anilines is 1. The van der Waals surface area contributed by atoms with Crippen LogP contribution in [-0.2, 0) is 0 Å². The minimum absolute atomic E-state index is 0.0975. The topological polar surface area (TPSA) is 15.6 Å². The summed E-state index contributed by atoms with van der Waals surface area (Å²) in [6.45, 7) is 0. The molecule has 0 N–H and O–H groups in total. The lowest BCUT2D eigenvalue weighted by molar-refractivity contribution is 0.709. The number of allylic oxidation sites excluding steroid dienone is 1. The van der Waals surface area contributed by atoms with Crippen molar-refractivity contribution in [1.82, 2.24) is 0 Å². The van der Waals surface area contributed by atoms with Crippen LogP contribution >= 0.6 is 23.2 Å². The van der Waals surface area contributed by atoms with E-state index in [2.05, 4.69) is 48.6 Å². The molecular weight excluding hydrogens is 375 g/mol. The van der Waals surface area contributed by atoms with Gasteiger partial charge >= 0.3 is 0 Å². The summed E-state index contributed by atoms with van der Waals surface area (Å²) in [5.41, 5.74) is 4.23. The van der Waals surface area contributed by atoms with Gasteiger partial charge in [-0.25, -0.2) is 0 Å². The van der Waals surface area contributed by atoms with Crippen LogP contribution in [0.25, 0.3) is 6.08 Å². The standard InChI is InChI=1S/C23H18Cl2N2/c24-19-12-14-22(21(25)15-19)27-23(18-9-5-2-6-10-18)16-20(26-27)13-11-17-7-3-1-4-8-17/h1-15,23H,16H2/b13-11+/t23-/m1/s1. The number of rotatable bonds is 4. The fourth-order valence-corrected chi connectivity index (χ4v) is 3.71. The van der Waals surface area contributed by atoms with Crippen molar-refractivity contribution < 1.29 is 0 Å². The van der Waals surface area contributed by atoms with Gasteiger partial charge in [0.1, 0.15) is 0 Å². The molecule has 3 aromatic rings. The summed E-state index contributed by atoms with van der Waals surface area (Å²) in [4.78, 5) is 0. The molecule has 4 rings (SSSR count). The summed E-state index contributed by atoms with van der Waals surface area (Å²) in [6.07, 6.45) is 4.98. The van der Waals surface area contributed by atoms with Crippen molar-refractivity contribution in [3.63, 3.8) is 0 Å². The minimum Gasteiger partial charge on any atom is -0.256 e. The van der Waals surface area contributed by atoms with Crippen molar-refractivity contribution in [3.05, 3.63) is 106 Å². The maximum absolute atomic E-state index is 6.47. The van der Waals surface area contributed by atoms with Crippen molar-refractivity contribution in [2.75, 3.05) is 5.01 Å². The number of halogens is 2. The molecule has 1 aliphatic rings. The molecule has 0 radical (unpaired) electrons. The quantitative estimate of drug-likeness (QED) is 0.465. The van der Waals surface area contributed by atoms with Crippen LogP contribution in [-0.4, -0.2) is 5.71 Å². The summed E-state index contributed by atoms with van der Waals surface area (Å²) in [5.74, 6) is 0. The first-order valence-corrected chi connectivity index (χ1v) is 9.56. The molecule has 0 saturated carbocycles. The maximum atomic E-state index is 6.47. The molecule has 4 heteroatoms. The lowest BCUT2D eigenvalue weighted by atomic mass is 10.0. The van der Waals surface area contributed by atoms with Crippen LogP contribution in [0.4, 0.5) is 5.69 Å². The monoisotopic (exact) mass is 392 g/mol. The van der Waals surface area contributed by atoms with Gasteiger partial charge in [-0.3, -0.25) is 5.01 Å². The van der Waals surface area contributed by atoms with Gasteiger partial charge in [-0.2, -0.15) is 5.10 Å². The normalized spacial score (nSPS) is 16.7. The Morgan fingerprint density at radius 2 is 1.56 bits per heavy atom. The molecule has 0 spiro atoms. The van der Waals surface area contributed by atoms with Crippen molar-refractivity contribution in [3.8, 4) is 0 Å². The number of hydrazone groups is 1. The van der Waals surface area contributed by atoms with Gasteiger partial charge in [0, 0.05) is 11.4 Å². The van der Waals surface area contributed by atoms with E-state index in [1.54, 1.807) is 6.07 Å². The molecule has 134 valence electrons. The molecule has 1 atom stereocenters. The average Bonchev–Trinajstić information content (AvgIpc) is 3.12. The first-order valence-electron chi connectivity index (χ1n) is 8.80. The third kappa shape index (κ3) is 4.08. The van der Waals surface area contributed by atoms with Gasteiger partial charge in [0.15, 0.2) is 0 Å². The van der Waals surface area contributed by atoms with Crippen LogP contribution in [0, 0.1) is 0 Å². The maximum Gasteiger partial charge on any atom is 0.0832 e. The summed E-state index contributed by atoms with van der Waals surface area (Å²) in [7, 11) is 0. The van der Waals surface area contributed by atoms with Gasteiger partial charge in [-0.15, -0.1) is 0 Å². The molecule has 27 heavy (non-hydrogen) atoms. The zero-order chi connectivity index (χ0) is 18.6. The fraction of sp³-hybridized carbons (Fsp3) is 0.0870. The molecule has 0 bridgehead atoms. The lowest BCUT2D eigenvalue weighted by Crippen LogP contribution is -2.18. The van der Waals surface area contributed by atoms with Gasteiger partial charge in [-0.1, -0.05) is 89.9 Å². The molecule has 0 aliphatic carbocycles. The third-order valence-corrected chi connectivity index (χ3v) is 5.08. The molecule has 0 unspecified atom stereocenters. The van der Waals surface area contributed by atoms with Crippen LogP contribution in [0.5, 0.6) is 0 Å². The highest BCUT2D eigenvalue weighted by molar-refractivity contribution is 6.36. The summed E-state index contributed by atoms with van der Waals surface area (Å²) >= 11 is 12.5. The second kappa shape index (κ2) is 7.99. The van der Waals surface area contributed by atoms with Crippen LogP contribution in [0.3, 0.4) is 0 Å². The highest BCUT2D eigenvalue weighted by atomic mass is 35.5. The fourth-order valence-electron chi connectivity index (χ4n) is 3.21. The van der Waals surface area contributed by atoms with E-state index in [0.717, 1.165) is 23.4 Å². The Balaban J connectivity index is 1.69. The van der Waals surface area contributed by atoms with E-state index in [0.29, 0.717) is 10.0 Å². The van der Waals surface area contributed by atoms with Crippen molar-refractivity contribution in [2.45, 2.75) is 12.5 Å². The molecule has 1 aliphatic heterocycles. The van der Waals surface area contributed by atoms with E-state index in [1.807, 2.05) is 41.4 Å². The number of nitrogens with zero attached hydrogens (tertiary/aromatic N) is 2. The molecule has 0 saturated heterocycles. The van der Waals surface area contributed by atoms with E-state index in [1.165, 1.54) is 5.56 Å². The molecule has 0 amide bonds. The molecule has 1 heterocycles. The first kappa shape index (κ1) is 17.8. The van der Waals surface area contributed by atoms with Crippen LogP contribution in [0.1, 0.15) is 23.6 Å². The number of hydrogen-bond donors (Lipinski definition) is 0. The molecule has 0 fully saturated rings. The predicted molar refractivity (Wildman–Crippen MR) is 116 cm³/mol. The SMILES string of the molecule is Clc1ccc(N2N=C(/C=C/c3ccccc3)C[C@@H]2c2ccccc2)c(Cl)c1. The van der Waals surface area contributed by atoms with Crippen LogP contribution in [0.2, 0.25) is 10.0 Å². The Labute approximate surface area is 169 Å². The highest BCUT2D eigenvalue weighted by Gasteiger charge is 2.29. The second-order valence-electron chi connectivity index (χ2n) is 6.41. The van der Waals surface area contributed by atoms with Gasteiger partial charge in [-0.05, 0) is 35.4 Å². The Kier molecular flexibility index (Phi) is 5.28. The summed E-state index contributed by atoms with van der Waals surface area (Å²) in [6, 6.07) is 26.2. The zero-order valence-corrected chi connectivity index (χ0v) is 16.1. The first-order chi connectivity index (χ1) is 13.2. The smallest absolute Gasteiger partial charge is 0.0832 e. The van der Waals surface area contributed by atoms with Gasteiger partial charge in [0.25, 0.3) is 0 Å². The van der Waals surface area contributed by atoms with Crippen LogP contribution < -0.4 is 5.01 Å². The number of benzene rings is 3. The Morgan fingerprint density at radius 1 is 0.852 bits per heavy atom.